The van der Waals surface area contributed by atoms with Crippen molar-refractivity contribution >= 4 is 17.3 Å². The van der Waals surface area contributed by atoms with Crippen LogP contribution < -0.4 is 10.1 Å². The molecule has 7 nitrogen and oxygen atoms in total. The molecule has 7 heteroatoms. The predicted octanol–water partition coefficient (Wildman–Crippen LogP) is 2.66. The van der Waals surface area contributed by atoms with E-state index in [0.717, 1.165) is 6.42 Å². The van der Waals surface area contributed by atoms with E-state index < -0.39 is 16.4 Å². The Labute approximate surface area is 116 Å². The summed E-state index contributed by atoms with van der Waals surface area (Å²) in [5, 5.41) is 22.8. The lowest BCUT2D eigenvalue weighted by atomic mass is 10.1. The van der Waals surface area contributed by atoms with E-state index in [1.165, 1.54) is 32.0 Å². The lowest BCUT2D eigenvalue weighted by Crippen LogP contribution is -2.39. The van der Waals surface area contributed by atoms with Gasteiger partial charge in [0.25, 0.3) is 0 Å². The first-order chi connectivity index (χ1) is 9.27. The fourth-order valence-corrected chi connectivity index (χ4v) is 1.48. The molecule has 0 fully saturated rings. The van der Waals surface area contributed by atoms with E-state index >= 15 is 0 Å². The SMILES string of the molecule is CCCOc1cc(NC(C)(C)C(=O)O)ccc1[N+](=O)[O-]. The van der Waals surface area contributed by atoms with Crippen LogP contribution in [0.1, 0.15) is 27.2 Å². The minimum Gasteiger partial charge on any atom is -0.487 e. The summed E-state index contributed by atoms with van der Waals surface area (Å²) in [6.45, 7) is 5.25. The normalized spacial score (nSPS) is 10.9. The van der Waals surface area contributed by atoms with Gasteiger partial charge in [0.2, 0.25) is 0 Å². The molecule has 1 aromatic rings. The monoisotopic (exact) mass is 282 g/mol. The molecule has 2 N–H and O–H groups in total. The second kappa shape index (κ2) is 6.23. The molecule has 0 amide bonds. The number of anilines is 1. The number of rotatable bonds is 7. The third-order valence-electron chi connectivity index (χ3n) is 2.61. The van der Waals surface area contributed by atoms with Crippen molar-refractivity contribution in [3.63, 3.8) is 0 Å². The summed E-state index contributed by atoms with van der Waals surface area (Å²) in [7, 11) is 0. The van der Waals surface area contributed by atoms with Crippen molar-refractivity contribution in [1.82, 2.24) is 0 Å². The highest BCUT2D eigenvalue weighted by Crippen LogP contribution is 2.31. The predicted molar refractivity (Wildman–Crippen MR) is 74.2 cm³/mol. The highest BCUT2D eigenvalue weighted by Gasteiger charge is 2.27. The van der Waals surface area contributed by atoms with Crippen LogP contribution in [-0.2, 0) is 4.79 Å². The number of aliphatic carboxylic acids is 1. The van der Waals surface area contributed by atoms with Gasteiger partial charge in [-0.15, -0.1) is 0 Å². The fraction of sp³-hybridized carbons (Fsp3) is 0.462. The second-order valence-electron chi connectivity index (χ2n) is 4.84. The van der Waals surface area contributed by atoms with Gasteiger partial charge in [0.05, 0.1) is 11.5 Å². The van der Waals surface area contributed by atoms with Crippen LogP contribution in [0.25, 0.3) is 0 Å². The standard InChI is InChI=1S/C13H18N2O5/c1-4-7-20-11-8-9(5-6-10(11)15(18)19)14-13(2,3)12(16)17/h5-6,8,14H,4,7H2,1-3H3,(H,16,17). The number of benzene rings is 1. The number of carboxylic acid groups (broad SMARTS) is 1. The van der Waals surface area contributed by atoms with Crippen LogP contribution in [0.5, 0.6) is 5.75 Å². The summed E-state index contributed by atoms with van der Waals surface area (Å²) in [5.74, 6) is -0.894. The van der Waals surface area contributed by atoms with Gasteiger partial charge in [-0.05, 0) is 26.3 Å². The minimum atomic E-state index is -1.18. The van der Waals surface area contributed by atoms with E-state index in [0.29, 0.717) is 12.3 Å². The number of carboxylic acids is 1. The number of nitro groups is 1. The van der Waals surface area contributed by atoms with Crippen molar-refractivity contribution in [2.24, 2.45) is 0 Å². The zero-order valence-electron chi connectivity index (χ0n) is 11.7. The maximum atomic E-state index is 11.1. The average molecular weight is 282 g/mol. The molecule has 0 aliphatic carbocycles. The molecule has 0 aromatic heterocycles. The number of hydrogen-bond donors (Lipinski definition) is 2. The smallest absolute Gasteiger partial charge is 0.328 e. The van der Waals surface area contributed by atoms with Gasteiger partial charge in [0.1, 0.15) is 5.54 Å². The van der Waals surface area contributed by atoms with Crippen LogP contribution in [0, 0.1) is 10.1 Å². The number of nitrogens with zero attached hydrogens (tertiary/aromatic N) is 1. The molecule has 0 bridgehead atoms. The van der Waals surface area contributed by atoms with Gasteiger partial charge in [-0.2, -0.15) is 0 Å². The van der Waals surface area contributed by atoms with Crippen LogP contribution in [-0.4, -0.2) is 28.1 Å². The minimum absolute atomic E-state index is 0.128. The Bertz CT molecular complexity index is 513. The van der Waals surface area contributed by atoms with Crippen molar-refractivity contribution in [3.05, 3.63) is 28.3 Å². The number of ether oxygens (including phenoxy) is 1. The molecule has 0 atom stereocenters. The molecule has 0 radical (unpaired) electrons. The van der Waals surface area contributed by atoms with Gasteiger partial charge < -0.3 is 15.2 Å². The van der Waals surface area contributed by atoms with E-state index in [1.54, 1.807) is 0 Å². The summed E-state index contributed by atoms with van der Waals surface area (Å²) in [4.78, 5) is 21.4. The summed E-state index contributed by atoms with van der Waals surface area (Å²) >= 11 is 0. The Morgan fingerprint density at radius 1 is 1.50 bits per heavy atom. The molecule has 0 heterocycles. The van der Waals surface area contributed by atoms with Gasteiger partial charge in [0.15, 0.2) is 5.75 Å². The summed E-state index contributed by atoms with van der Waals surface area (Å²) in [6, 6.07) is 4.20. The molecule has 0 aliphatic heterocycles. The zero-order chi connectivity index (χ0) is 15.3. The Hall–Kier alpha value is -2.31. The number of nitrogens with one attached hydrogen (secondary N) is 1. The summed E-state index contributed by atoms with van der Waals surface area (Å²) in [5.41, 5.74) is -0.871. The largest absolute Gasteiger partial charge is 0.487 e. The van der Waals surface area contributed by atoms with E-state index in [2.05, 4.69) is 5.32 Å². The second-order valence-corrected chi connectivity index (χ2v) is 4.84. The molecule has 110 valence electrons. The third-order valence-corrected chi connectivity index (χ3v) is 2.61. The fourth-order valence-electron chi connectivity index (χ4n) is 1.48. The van der Waals surface area contributed by atoms with Gasteiger partial charge in [0, 0.05) is 17.8 Å². The molecule has 1 aromatic carbocycles. The van der Waals surface area contributed by atoms with Crippen LogP contribution in [0.2, 0.25) is 0 Å². The molecular formula is C13H18N2O5. The van der Waals surface area contributed by atoms with E-state index in [-0.39, 0.29) is 11.4 Å². The highest BCUT2D eigenvalue weighted by atomic mass is 16.6. The lowest BCUT2D eigenvalue weighted by Gasteiger charge is -2.22. The Balaban J connectivity index is 3.06. The molecule has 1 rings (SSSR count). The summed E-state index contributed by atoms with van der Waals surface area (Å²) in [6.07, 6.45) is 0.718. The highest BCUT2D eigenvalue weighted by molar-refractivity contribution is 5.82. The zero-order valence-corrected chi connectivity index (χ0v) is 11.7. The Morgan fingerprint density at radius 2 is 2.15 bits per heavy atom. The molecular weight excluding hydrogens is 264 g/mol. The quantitative estimate of drug-likeness (QED) is 0.589. The maximum absolute atomic E-state index is 11.1. The first-order valence-electron chi connectivity index (χ1n) is 6.20. The van der Waals surface area contributed by atoms with Crippen molar-refractivity contribution in [2.75, 3.05) is 11.9 Å². The van der Waals surface area contributed by atoms with E-state index in [1.807, 2.05) is 6.92 Å². The van der Waals surface area contributed by atoms with Crippen molar-refractivity contribution < 1.29 is 19.6 Å². The summed E-state index contributed by atoms with van der Waals surface area (Å²) < 4.78 is 5.33. The van der Waals surface area contributed by atoms with Crippen LogP contribution in [0.4, 0.5) is 11.4 Å². The van der Waals surface area contributed by atoms with E-state index in [9.17, 15) is 14.9 Å². The number of carbonyl (C=O) groups is 1. The molecule has 0 aliphatic rings. The van der Waals surface area contributed by atoms with Gasteiger partial charge in [-0.25, -0.2) is 4.79 Å². The number of hydrogen-bond acceptors (Lipinski definition) is 5. The van der Waals surface area contributed by atoms with Gasteiger partial charge >= 0.3 is 11.7 Å². The van der Waals surface area contributed by atoms with Crippen LogP contribution in [0.3, 0.4) is 0 Å². The lowest BCUT2D eigenvalue weighted by molar-refractivity contribution is -0.385. The first-order valence-corrected chi connectivity index (χ1v) is 6.20. The maximum Gasteiger partial charge on any atom is 0.328 e. The van der Waals surface area contributed by atoms with Crippen molar-refractivity contribution in [2.45, 2.75) is 32.7 Å². The topological polar surface area (TPSA) is 102 Å². The van der Waals surface area contributed by atoms with Crippen molar-refractivity contribution in [1.29, 1.82) is 0 Å². The van der Waals surface area contributed by atoms with Gasteiger partial charge in [-0.1, -0.05) is 6.92 Å². The molecule has 0 unspecified atom stereocenters. The van der Waals surface area contributed by atoms with Crippen molar-refractivity contribution in [3.8, 4) is 5.75 Å². The molecule has 0 saturated heterocycles. The average Bonchev–Trinajstić information content (AvgIpc) is 2.35. The molecule has 0 spiro atoms. The third kappa shape index (κ3) is 3.84. The Morgan fingerprint density at radius 3 is 2.65 bits per heavy atom. The number of nitro benzene ring substituents is 1. The van der Waals surface area contributed by atoms with E-state index in [4.69, 9.17) is 9.84 Å². The van der Waals surface area contributed by atoms with Gasteiger partial charge in [-0.3, -0.25) is 10.1 Å². The van der Waals surface area contributed by atoms with Crippen LogP contribution >= 0.6 is 0 Å². The van der Waals surface area contributed by atoms with Crippen LogP contribution in [0.15, 0.2) is 18.2 Å². The first kappa shape index (κ1) is 15.7. The molecule has 20 heavy (non-hydrogen) atoms. The molecule has 0 saturated carbocycles. The Kier molecular flexibility index (Phi) is 4.90.